The Bertz CT molecular complexity index is 1250. The Morgan fingerprint density at radius 3 is 2.11 bits per heavy atom. The van der Waals surface area contributed by atoms with Gasteiger partial charge in [0.05, 0.1) is 17.1 Å². The van der Waals surface area contributed by atoms with Crippen LogP contribution in [0.15, 0.2) is 89.8 Å². The van der Waals surface area contributed by atoms with Crippen LogP contribution in [0, 0.1) is 0 Å². The van der Waals surface area contributed by atoms with Gasteiger partial charge in [-0.3, -0.25) is 9.59 Å². The lowest BCUT2D eigenvalue weighted by atomic mass is 10.2. The molecule has 1 fully saturated rings. The van der Waals surface area contributed by atoms with Crippen molar-refractivity contribution in [1.82, 2.24) is 15.5 Å². The summed E-state index contributed by atoms with van der Waals surface area (Å²) in [6.45, 7) is 2.53. The van der Waals surface area contributed by atoms with E-state index in [1.54, 1.807) is 65.6 Å². The molecule has 1 aliphatic rings. The third-order valence-electron chi connectivity index (χ3n) is 5.40. The number of nitrogens with zero attached hydrogens (tertiary/aromatic N) is 2. The lowest BCUT2D eigenvalue weighted by Crippen LogP contribution is -2.49. The largest absolute Gasteiger partial charge is 0.364 e. The third kappa shape index (κ3) is 5.97. The third-order valence-corrected chi connectivity index (χ3v) is 6.99. The van der Waals surface area contributed by atoms with Crippen LogP contribution >= 0.6 is 0 Å². The zero-order valence-corrected chi connectivity index (χ0v) is 19.8. The van der Waals surface area contributed by atoms with Crippen LogP contribution in [0.1, 0.15) is 10.4 Å². The van der Waals surface area contributed by atoms with Gasteiger partial charge in [0, 0.05) is 31.7 Å². The maximum atomic E-state index is 13.5. The fourth-order valence-corrected chi connectivity index (χ4v) is 4.78. The maximum absolute atomic E-state index is 13.5. The molecular formula is C25H26N4O5S. The van der Waals surface area contributed by atoms with E-state index in [1.807, 2.05) is 0 Å². The van der Waals surface area contributed by atoms with Gasteiger partial charge in [-0.25, -0.2) is 0 Å². The first-order valence-corrected chi connectivity index (χ1v) is 12.6. The minimum atomic E-state index is -4.12. The van der Waals surface area contributed by atoms with Crippen molar-refractivity contribution in [1.29, 1.82) is 0 Å². The molecule has 3 aromatic carbocycles. The molecule has 2 N–H and O–H groups in total. The highest BCUT2D eigenvalue weighted by atomic mass is 32.2. The highest BCUT2D eigenvalue weighted by Gasteiger charge is 2.28. The molecule has 10 heteroatoms. The van der Waals surface area contributed by atoms with Crippen LogP contribution in [0.5, 0.6) is 5.75 Å². The molecule has 0 spiro atoms. The molecule has 1 heterocycles. The van der Waals surface area contributed by atoms with Crippen LogP contribution in [-0.2, 0) is 14.8 Å². The van der Waals surface area contributed by atoms with Gasteiger partial charge in [0.1, 0.15) is 0 Å². The van der Waals surface area contributed by atoms with Crippen molar-refractivity contribution in [2.75, 3.05) is 37.2 Å². The molecule has 0 unspecified atom stereocenters. The smallest absolute Gasteiger partial charge is 0.295 e. The summed E-state index contributed by atoms with van der Waals surface area (Å²) in [5, 5.41) is 5.77. The lowest BCUT2D eigenvalue weighted by molar-refractivity contribution is -0.130. The number of carbonyl (C=O) groups excluding carboxylic acids is 2. The summed E-state index contributed by atoms with van der Waals surface area (Å²) >= 11 is 0. The maximum Gasteiger partial charge on any atom is 0.295 e. The van der Waals surface area contributed by atoms with E-state index in [9.17, 15) is 18.0 Å². The van der Waals surface area contributed by atoms with Gasteiger partial charge in [0.15, 0.2) is 5.75 Å². The SMILES string of the molecule is O=C(NCC(=O)N1CCNCC1)c1ccc(S(=O)(=O)N(Oc2ccccc2)c2ccccc2)cc1. The normalized spacial score (nSPS) is 13.7. The molecule has 9 nitrogen and oxygen atoms in total. The van der Waals surface area contributed by atoms with Crippen molar-refractivity contribution in [3.63, 3.8) is 0 Å². The summed E-state index contributed by atoms with van der Waals surface area (Å²) < 4.78 is 27.8. The quantitative estimate of drug-likeness (QED) is 0.464. The van der Waals surface area contributed by atoms with E-state index in [-0.39, 0.29) is 22.9 Å². The Kier molecular flexibility index (Phi) is 7.64. The molecule has 0 aliphatic carbocycles. The molecule has 4 rings (SSSR count). The highest BCUT2D eigenvalue weighted by Crippen LogP contribution is 2.26. The average molecular weight is 495 g/mol. The number of hydrogen-bond acceptors (Lipinski definition) is 6. The van der Waals surface area contributed by atoms with E-state index in [1.165, 1.54) is 24.3 Å². The van der Waals surface area contributed by atoms with Crippen molar-refractivity contribution < 1.29 is 22.8 Å². The lowest BCUT2D eigenvalue weighted by Gasteiger charge is -2.27. The first kappa shape index (κ1) is 24.2. The van der Waals surface area contributed by atoms with Crippen LogP contribution < -0.4 is 19.9 Å². The van der Waals surface area contributed by atoms with Gasteiger partial charge in [0.25, 0.3) is 15.9 Å². The predicted octanol–water partition coefficient (Wildman–Crippen LogP) is 2.04. The van der Waals surface area contributed by atoms with Crippen molar-refractivity contribution in [2.24, 2.45) is 0 Å². The van der Waals surface area contributed by atoms with Crippen LogP contribution in [0.25, 0.3) is 0 Å². The van der Waals surface area contributed by atoms with Gasteiger partial charge >= 0.3 is 0 Å². The molecule has 0 radical (unpaired) electrons. The van der Waals surface area contributed by atoms with E-state index in [0.717, 1.165) is 17.6 Å². The van der Waals surface area contributed by atoms with E-state index in [0.29, 0.717) is 24.5 Å². The van der Waals surface area contributed by atoms with E-state index in [2.05, 4.69) is 10.6 Å². The number of piperazine rings is 1. The topological polar surface area (TPSA) is 108 Å². The Labute approximate surface area is 204 Å². The van der Waals surface area contributed by atoms with Crippen molar-refractivity contribution in [3.8, 4) is 5.75 Å². The highest BCUT2D eigenvalue weighted by molar-refractivity contribution is 7.92. The number of para-hydroxylation sites is 2. The first-order chi connectivity index (χ1) is 16.9. The molecule has 0 atom stereocenters. The standard InChI is InChI=1S/C25H26N4O5S/c30-24(28-17-15-26-16-18-28)19-27-25(31)20-11-13-23(14-12-20)35(32,33)29(21-7-3-1-4-8-21)34-22-9-5-2-6-10-22/h1-14,26H,15-19H2,(H,27,31). The molecule has 0 saturated carbocycles. The summed E-state index contributed by atoms with van der Waals surface area (Å²) in [4.78, 5) is 32.2. The van der Waals surface area contributed by atoms with Gasteiger partial charge in [-0.1, -0.05) is 40.9 Å². The summed E-state index contributed by atoms with van der Waals surface area (Å²) in [7, 11) is -4.12. The van der Waals surface area contributed by atoms with Crippen molar-refractivity contribution in [3.05, 3.63) is 90.5 Å². The Hall–Kier alpha value is -3.89. The number of benzene rings is 3. The number of amides is 2. The predicted molar refractivity (Wildman–Crippen MR) is 131 cm³/mol. The van der Waals surface area contributed by atoms with E-state index >= 15 is 0 Å². The zero-order valence-electron chi connectivity index (χ0n) is 19.0. The average Bonchev–Trinajstić information content (AvgIpc) is 2.91. The fourth-order valence-electron chi connectivity index (χ4n) is 3.53. The molecule has 0 bridgehead atoms. The molecule has 182 valence electrons. The van der Waals surface area contributed by atoms with Gasteiger partial charge in [-0.15, -0.1) is 0 Å². The van der Waals surface area contributed by atoms with Crippen LogP contribution in [-0.4, -0.2) is 57.9 Å². The molecule has 3 aromatic rings. The molecular weight excluding hydrogens is 468 g/mol. The first-order valence-electron chi connectivity index (χ1n) is 11.2. The van der Waals surface area contributed by atoms with E-state index in [4.69, 9.17) is 4.84 Å². The number of nitrogens with one attached hydrogen (secondary N) is 2. The number of anilines is 1. The molecule has 1 aliphatic heterocycles. The summed E-state index contributed by atoms with van der Waals surface area (Å²) in [5.74, 6) is -0.265. The van der Waals surface area contributed by atoms with Crippen molar-refractivity contribution in [2.45, 2.75) is 4.90 Å². The second kappa shape index (κ2) is 11.0. The minimum absolute atomic E-state index is 0.0503. The number of rotatable bonds is 8. The van der Waals surface area contributed by atoms with Gasteiger partial charge in [0.2, 0.25) is 5.91 Å². The van der Waals surface area contributed by atoms with Crippen molar-refractivity contribution >= 4 is 27.5 Å². The van der Waals surface area contributed by atoms with Crippen LogP contribution in [0.4, 0.5) is 5.69 Å². The monoisotopic (exact) mass is 494 g/mol. The summed E-state index contributed by atoms with van der Waals surface area (Å²) in [6.07, 6.45) is 0. The van der Waals surface area contributed by atoms with Gasteiger partial charge in [-0.05, 0) is 48.5 Å². The van der Waals surface area contributed by atoms with Crippen LogP contribution in [0.2, 0.25) is 0 Å². The number of hydrogen-bond donors (Lipinski definition) is 2. The summed E-state index contributed by atoms with van der Waals surface area (Å²) in [5.41, 5.74) is 0.567. The zero-order chi connectivity index (χ0) is 24.7. The Morgan fingerprint density at radius 2 is 1.49 bits per heavy atom. The molecule has 1 saturated heterocycles. The van der Waals surface area contributed by atoms with Gasteiger partial charge < -0.3 is 20.4 Å². The molecule has 35 heavy (non-hydrogen) atoms. The number of sulfonamides is 1. The van der Waals surface area contributed by atoms with Gasteiger partial charge in [-0.2, -0.15) is 8.42 Å². The summed E-state index contributed by atoms with van der Waals surface area (Å²) in [6, 6.07) is 22.5. The molecule has 2 amide bonds. The fraction of sp³-hybridized carbons (Fsp3) is 0.200. The minimum Gasteiger partial charge on any atom is -0.364 e. The van der Waals surface area contributed by atoms with E-state index < -0.39 is 15.9 Å². The second-order valence-corrected chi connectivity index (χ2v) is 9.56. The second-order valence-electron chi connectivity index (χ2n) is 7.81. The number of carbonyl (C=O) groups is 2. The Balaban J connectivity index is 1.48. The Morgan fingerprint density at radius 1 is 0.886 bits per heavy atom. The molecule has 0 aromatic heterocycles. The van der Waals surface area contributed by atoms with Crippen LogP contribution in [0.3, 0.4) is 0 Å².